The van der Waals surface area contributed by atoms with Gasteiger partial charge in [-0.05, 0) is 19.1 Å². The van der Waals surface area contributed by atoms with Gasteiger partial charge in [0.2, 0.25) is 5.16 Å². The van der Waals surface area contributed by atoms with Crippen LogP contribution in [0.1, 0.15) is 24.4 Å². The topological polar surface area (TPSA) is 68.8 Å². The van der Waals surface area contributed by atoms with Crippen molar-refractivity contribution in [1.82, 2.24) is 14.9 Å². The molecule has 98 valence electrons. The lowest BCUT2D eigenvalue weighted by molar-refractivity contribution is 0.678. The van der Waals surface area contributed by atoms with Gasteiger partial charge in [0.1, 0.15) is 0 Å². The summed E-state index contributed by atoms with van der Waals surface area (Å²) in [5.74, 6) is 0.710. The molecule has 1 aliphatic heterocycles. The van der Waals surface area contributed by atoms with Crippen molar-refractivity contribution < 1.29 is 0 Å². The lowest BCUT2D eigenvalue weighted by Gasteiger charge is -2.19. The molecule has 1 aromatic heterocycles. The van der Waals surface area contributed by atoms with Crippen LogP contribution in [0.3, 0.4) is 0 Å². The average molecular weight is 294 g/mol. The molecule has 19 heavy (non-hydrogen) atoms. The Morgan fingerprint density at radius 3 is 2.74 bits per heavy atom. The van der Waals surface area contributed by atoms with Crippen molar-refractivity contribution in [3.8, 4) is 0 Å². The van der Waals surface area contributed by atoms with Crippen molar-refractivity contribution in [3.05, 3.63) is 46.1 Å². The van der Waals surface area contributed by atoms with Gasteiger partial charge in [-0.2, -0.15) is 0 Å². The van der Waals surface area contributed by atoms with E-state index in [1.807, 2.05) is 41.3 Å². The highest BCUT2D eigenvalue weighted by Crippen LogP contribution is 2.29. The van der Waals surface area contributed by atoms with Crippen LogP contribution in [0.25, 0.3) is 5.70 Å². The summed E-state index contributed by atoms with van der Waals surface area (Å²) in [7, 11) is 0. The minimum Gasteiger partial charge on any atom is -0.321 e. The van der Waals surface area contributed by atoms with Gasteiger partial charge in [-0.3, -0.25) is 5.43 Å². The predicted molar refractivity (Wildman–Crippen MR) is 77.3 cm³/mol. The van der Waals surface area contributed by atoms with Gasteiger partial charge in [-0.15, -0.1) is 10.2 Å². The number of nitrogens with zero attached hydrogens (tertiary/aromatic N) is 3. The Bertz CT molecular complexity index is 632. The minimum atomic E-state index is -0.182. The van der Waals surface area contributed by atoms with Crippen molar-refractivity contribution in [3.63, 3.8) is 0 Å². The van der Waals surface area contributed by atoms with E-state index in [4.69, 9.17) is 17.3 Å². The number of nitrogens with two attached hydrogens (primary N) is 1. The Morgan fingerprint density at radius 2 is 2.05 bits per heavy atom. The zero-order valence-electron chi connectivity index (χ0n) is 10.2. The molecule has 0 fully saturated rings. The minimum absolute atomic E-state index is 0.182. The first-order valence-corrected chi connectivity index (χ1v) is 7.01. The van der Waals surface area contributed by atoms with Gasteiger partial charge in [0.05, 0.1) is 11.7 Å². The second-order valence-electron chi connectivity index (χ2n) is 4.23. The Morgan fingerprint density at radius 1 is 1.32 bits per heavy atom. The zero-order valence-corrected chi connectivity index (χ0v) is 11.7. The molecule has 5 nitrogen and oxygen atoms in total. The number of halogens is 1. The molecule has 7 heteroatoms. The highest BCUT2D eigenvalue weighted by atomic mass is 35.5. The number of nitrogens with one attached hydrogen (secondary N) is 1. The first-order valence-electron chi connectivity index (χ1n) is 5.76. The molecule has 1 aliphatic rings. The van der Waals surface area contributed by atoms with Crippen molar-refractivity contribution in [2.24, 2.45) is 5.73 Å². The molecule has 0 saturated carbocycles. The fourth-order valence-corrected chi connectivity index (χ4v) is 2.65. The Kier molecular flexibility index (Phi) is 3.22. The molecule has 0 amide bonds. The maximum Gasteiger partial charge on any atom is 0.214 e. The summed E-state index contributed by atoms with van der Waals surface area (Å²) in [6, 6.07) is 7.46. The van der Waals surface area contributed by atoms with E-state index >= 15 is 0 Å². The van der Waals surface area contributed by atoms with Crippen LogP contribution in [0.4, 0.5) is 0 Å². The van der Waals surface area contributed by atoms with Crippen LogP contribution < -0.4 is 11.2 Å². The highest BCUT2D eigenvalue weighted by Gasteiger charge is 2.20. The van der Waals surface area contributed by atoms with Gasteiger partial charge >= 0.3 is 0 Å². The number of aromatic nitrogens is 3. The van der Waals surface area contributed by atoms with Crippen LogP contribution in [0.5, 0.6) is 0 Å². The molecule has 0 unspecified atom stereocenters. The molecule has 0 aliphatic carbocycles. The third-order valence-electron chi connectivity index (χ3n) is 2.74. The molecule has 0 spiro atoms. The molecular formula is C12H12ClN5S. The van der Waals surface area contributed by atoms with Crippen molar-refractivity contribution in [2.45, 2.75) is 18.1 Å². The third-order valence-corrected chi connectivity index (χ3v) is 3.82. The fraction of sp³-hybridized carbons (Fsp3) is 0.167. The van der Waals surface area contributed by atoms with Gasteiger partial charge < -0.3 is 5.73 Å². The van der Waals surface area contributed by atoms with E-state index in [1.165, 1.54) is 11.8 Å². The van der Waals surface area contributed by atoms with Crippen LogP contribution in [0.2, 0.25) is 5.02 Å². The summed E-state index contributed by atoms with van der Waals surface area (Å²) in [5, 5.41) is 11.7. The average Bonchev–Trinajstić information content (AvgIpc) is 2.82. The van der Waals surface area contributed by atoms with Gasteiger partial charge in [-0.1, -0.05) is 35.5 Å². The van der Waals surface area contributed by atoms with Crippen LogP contribution in [-0.2, 0) is 0 Å². The van der Waals surface area contributed by atoms with Gasteiger partial charge in [0.15, 0.2) is 5.82 Å². The van der Waals surface area contributed by atoms with E-state index in [0.717, 1.165) is 16.4 Å². The molecule has 2 aromatic rings. The van der Waals surface area contributed by atoms with Crippen LogP contribution in [0, 0.1) is 0 Å². The summed E-state index contributed by atoms with van der Waals surface area (Å²) < 4.78 is 1.82. The lowest BCUT2D eigenvalue weighted by atomic mass is 10.2. The maximum absolute atomic E-state index is 5.89. The van der Waals surface area contributed by atoms with Crippen LogP contribution in [0.15, 0.2) is 34.8 Å². The Balaban J connectivity index is 1.93. The normalized spacial score (nSPS) is 15.4. The van der Waals surface area contributed by atoms with Crippen molar-refractivity contribution >= 4 is 29.1 Å². The maximum atomic E-state index is 5.89. The molecule has 0 saturated heterocycles. The zero-order chi connectivity index (χ0) is 13.4. The highest BCUT2D eigenvalue weighted by molar-refractivity contribution is 8.02. The van der Waals surface area contributed by atoms with E-state index in [9.17, 15) is 0 Å². The summed E-state index contributed by atoms with van der Waals surface area (Å²) in [5.41, 5.74) is 11.2. The summed E-state index contributed by atoms with van der Waals surface area (Å²) >= 11 is 7.40. The number of hydrogen-bond donors (Lipinski definition) is 2. The summed E-state index contributed by atoms with van der Waals surface area (Å²) in [4.78, 5) is 0. The Hall–Kier alpha value is -1.50. The largest absolute Gasteiger partial charge is 0.321 e. The van der Waals surface area contributed by atoms with Crippen molar-refractivity contribution in [2.75, 3.05) is 5.43 Å². The summed E-state index contributed by atoms with van der Waals surface area (Å²) in [6.07, 6.45) is 0. The van der Waals surface area contributed by atoms with Gasteiger partial charge in [0.25, 0.3) is 0 Å². The molecule has 0 radical (unpaired) electrons. The number of benzene rings is 1. The molecule has 3 rings (SSSR count). The first kappa shape index (κ1) is 12.5. The number of rotatable bonds is 2. The number of fused-ring (bicyclic) bond motifs is 1. The van der Waals surface area contributed by atoms with Gasteiger partial charge in [-0.25, -0.2) is 4.68 Å². The molecule has 1 atom stereocenters. The van der Waals surface area contributed by atoms with E-state index < -0.39 is 0 Å². The Labute approximate surface area is 119 Å². The molecular weight excluding hydrogens is 282 g/mol. The molecule has 0 bridgehead atoms. The van der Waals surface area contributed by atoms with Gasteiger partial charge in [0, 0.05) is 16.0 Å². The quantitative estimate of drug-likeness (QED) is 0.891. The van der Waals surface area contributed by atoms with E-state index in [-0.39, 0.29) is 6.04 Å². The second kappa shape index (κ2) is 4.88. The van der Waals surface area contributed by atoms with E-state index in [2.05, 4.69) is 15.6 Å². The molecule has 3 N–H and O–H groups in total. The lowest BCUT2D eigenvalue weighted by Crippen LogP contribution is -2.23. The standard InChI is InChI=1S/C12H12ClN5S/c1-7(14)11-15-16-12-18(11)17-10(6-19-12)8-2-4-9(13)5-3-8/h2-7,17H,14H2,1H3/t7-/m0/s1. The fourth-order valence-electron chi connectivity index (χ4n) is 1.78. The molecule has 2 heterocycles. The summed E-state index contributed by atoms with van der Waals surface area (Å²) in [6.45, 7) is 1.88. The number of thioether (sulfide) groups is 1. The monoisotopic (exact) mass is 293 g/mol. The van der Waals surface area contributed by atoms with Crippen LogP contribution >= 0.6 is 23.4 Å². The third kappa shape index (κ3) is 2.34. The van der Waals surface area contributed by atoms with Crippen LogP contribution in [-0.4, -0.2) is 14.9 Å². The molecule has 1 aromatic carbocycles. The predicted octanol–water partition coefficient (Wildman–Crippen LogP) is 2.60. The van der Waals surface area contributed by atoms with Crippen molar-refractivity contribution in [1.29, 1.82) is 0 Å². The number of hydrogen-bond acceptors (Lipinski definition) is 5. The smallest absolute Gasteiger partial charge is 0.214 e. The van der Waals surface area contributed by atoms with E-state index in [1.54, 1.807) is 0 Å². The second-order valence-corrected chi connectivity index (χ2v) is 5.51. The SMILES string of the molecule is C[C@H](N)c1nnc2n1NC(c1ccc(Cl)cc1)=CS2. The van der Waals surface area contributed by atoms with E-state index in [0.29, 0.717) is 10.8 Å². The first-order chi connectivity index (χ1) is 9.15.